The van der Waals surface area contributed by atoms with Crippen LogP contribution in [0, 0.1) is 39.9 Å². The van der Waals surface area contributed by atoms with Crippen molar-refractivity contribution in [2.45, 2.75) is 70.3 Å². The molecule has 5 aliphatic carbocycles. The van der Waals surface area contributed by atoms with Crippen molar-refractivity contribution in [1.82, 2.24) is 4.90 Å². The summed E-state index contributed by atoms with van der Waals surface area (Å²) < 4.78 is 0. The molecule has 0 aromatic carbocycles. The summed E-state index contributed by atoms with van der Waals surface area (Å²) in [5.41, 5.74) is 0.849. The molecule has 4 heteroatoms. The van der Waals surface area contributed by atoms with Gasteiger partial charge < -0.3 is 15.3 Å². The molecule has 6 aliphatic rings. The summed E-state index contributed by atoms with van der Waals surface area (Å²) >= 11 is 0. The normalized spacial score (nSPS) is 65.5. The number of nitrogens with zero attached hydrogens (tertiary/aromatic N) is 1. The van der Waals surface area contributed by atoms with E-state index in [1.165, 1.54) is 0 Å². The maximum atomic E-state index is 11.5. The highest BCUT2D eigenvalue weighted by Gasteiger charge is 2.85. The van der Waals surface area contributed by atoms with Crippen molar-refractivity contribution in [3.8, 4) is 0 Å². The quantitative estimate of drug-likeness (QED) is 0.625. The summed E-state index contributed by atoms with van der Waals surface area (Å²) in [5.74, 6) is 1.26. The highest BCUT2D eigenvalue weighted by Crippen LogP contribution is 2.83. The van der Waals surface area contributed by atoms with Crippen LogP contribution in [0.3, 0.4) is 0 Å². The Morgan fingerprint density at radius 1 is 1.19 bits per heavy atom. The Morgan fingerprint density at radius 3 is 2.69 bits per heavy atom. The molecule has 6 fully saturated rings. The molecule has 1 saturated heterocycles. The maximum absolute atomic E-state index is 11.5. The molecule has 26 heavy (non-hydrogen) atoms. The van der Waals surface area contributed by atoms with Crippen LogP contribution in [-0.4, -0.2) is 57.7 Å². The van der Waals surface area contributed by atoms with Crippen LogP contribution in [0.4, 0.5) is 0 Å². The van der Waals surface area contributed by atoms with Gasteiger partial charge in [-0.05, 0) is 67.4 Å². The zero-order chi connectivity index (χ0) is 18.2. The van der Waals surface area contributed by atoms with E-state index in [2.05, 4.69) is 25.3 Å². The first-order chi connectivity index (χ1) is 12.3. The van der Waals surface area contributed by atoms with E-state index in [1.807, 2.05) is 0 Å². The lowest BCUT2D eigenvalue weighted by atomic mass is 9.43. The van der Waals surface area contributed by atoms with Crippen LogP contribution in [0.1, 0.15) is 46.0 Å². The standard InChI is InChI=1S/C22H33NO3/c1-4-23-10-20(3)6-5-17(25)22-15(20)7-13(18(22)23)21-9-12(11(2)19(21)26)14(24)8-16(21)22/h12-19,24-26H,2,4-10H2,1,3H3/t12?,13-,14+,15-,16+,17-,18?,19+,20-,21-,22-/m0/s1. The number of likely N-dealkylation sites (tertiary alicyclic amines) is 1. The van der Waals surface area contributed by atoms with Gasteiger partial charge >= 0.3 is 0 Å². The van der Waals surface area contributed by atoms with Gasteiger partial charge in [-0.25, -0.2) is 0 Å². The van der Waals surface area contributed by atoms with Crippen molar-refractivity contribution in [3.05, 3.63) is 12.2 Å². The molecule has 1 heterocycles. The molecule has 3 N–H and O–H groups in total. The minimum Gasteiger partial charge on any atom is -0.392 e. The van der Waals surface area contributed by atoms with Gasteiger partial charge in [-0.3, -0.25) is 4.90 Å². The Kier molecular flexibility index (Phi) is 2.92. The van der Waals surface area contributed by atoms with Crippen LogP contribution in [0.25, 0.3) is 0 Å². The molecule has 7 bridgehead atoms. The highest BCUT2D eigenvalue weighted by molar-refractivity contribution is 5.39. The number of aliphatic hydroxyl groups excluding tert-OH is 3. The summed E-state index contributed by atoms with van der Waals surface area (Å²) in [6, 6.07) is 0.373. The van der Waals surface area contributed by atoms with E-state index in [0.29, 0.717) is 17.9 Å². The molecule has 5 saturated carbocycles. The van der Waals surface area contributed by atoms with Gasteiger partial charge in [0.1, 0.15) is 0 Å². The van der Waals surface area contributed by atoms with Crippen LogP contribution in [0.15, 0.2) is 12.2 Å². The van der Waals surface area contributed by atoms with Crippen LogP contribution in [0.2, 0.25) is 0 Å². The van der Waals surface area contributed by atoms with Gasteiger partial charge in [0.05, 0.1) is 18.3 Å². The number of hydrogen-bond donors (Lipinski definition) is 3. The minimum absolute atomic E-state index is 0.0547. The summed E-state index contributed by atoms with van der Waals surface area (Å²) in [6.07, 6.45) is 3.58. The number of aliphatic hydroxyl groups is 3. The van der Waals surface area contributed by atoms with Gasteiger partial charge in [0.15, 0.2) is 0 Å². The van der Waals surface area contributed by atoms with Crippen LogP contribution >= 0.6 is 0 Å². The third kappa shape index (κ3) is 1.37. The van der Waals surface area contributed by atoms with Gasteiger partial charge in [-0.15, -0.1) is 0 Å². The van der Waals surface area contributed by atoms with Crippen LogP contribution in [0.5, 0.6) is 0 Å². The predicted molar refractivity (Wildman–Crippen MR) is 98.2 cm³/mol. The molecule has 6 rings (SSSR count). The van der Waals surface area contributed by atoms with E-state index in [-0.39, 0.29) is 34.2 Å². The Bertz CT molecular complexity index is 695. The molecule has 11 atom stereocenters. The SMILES string of the molecule is C=C1C2C[C@@]3([C@@H]1O)[C@@H](C[C@H]2O)[C@@]12C4[C@@H]3C[C@H]1[C@@](C)(CC[C@@H]2O)CN4CC. The number of hydrogen-bond acceptors (Lipinski definition) is 4. The molecule has 0 aromatic heterocycles. The molecule has 144 valence electrons. The molecule has 2 spiro atoms. The molecule has 0 amide bonds. The maximum Gasteiger partial charge on any atom is 0.0813 e. The molecule has 0 aromatic rings. The van der Waals surface area contributed by atoms with Crippen molar-refractivity contribution in [3.63, 3.8) is 0 Å². The third-order valence-corrected chi connectivity index (χ3v) is 10.6. The largest absolute Gasteiger partial charge is 0.392 e. The van der Waals surface area contributed by atoms with Gasteiger partial charge in [0.25, 0.3) is 0 Å². The molecule has 2 unspecified atom stereocenters. The monoisotopic (exact) mass is 359 g/mol. The Hall–Kier alpha value is -0.420. The van der Waals surface area contributed by atoms with Crippen molar-refractivity contribution in [2.75, 3.05) is 13.1 Å². The van der Waals surface area contributed by atoms with E-state index in [1.54, 1.807) is 0 Å². The van der Waals surface area contributed by atoms with E-state index >= 15 is 0 Å². The lowest BCUT2D eigenvalue weighted by molar-refractivity contribution is -0.218. The minimum atomic E-state index is -0.500. The van der Waals surface area contributed by atoms with E-state index in [0.717, 1.165) is 50.8 Å². The fourth-order valence-electron chi connectivity index (χ4n) is 9.97. The van der Waals surface area contributed by atoms with Crippen LogP contribution < -0.4 is 0 Å². The molecule has 1 aliphatic heterocycles. The Balaban J connectivity index is 1.61. The van der Waals surface area contributed by atoms with Crippen molar-refractivity contribution < 1.29 is 15.3 Å². The first-order valence-corrected chi connectivity index (χ1v) is 10.8. The predicted octanol–water partition coefficient (Wildman–Crippen LogP) is 1.79. The topological polar surface area (TPSA) is 63.9 Å². The van der Waals surface area contributed by atoms with Crippen molar-refractivity contribution in [1.29, 1.82) is 0 Å². The molecule has 4 nitrogen and oxygen atoms in total. The fraction of sp³-hybridized carbons (Fsp3) is 0.909. The van der Waals surface area contributed by atoms with Crippen molar-refractivity contribution >= 4 is 0 Å². The Morgan fingerprint density at radius 2 is 1.96 bits per heavy atom. The summed E-state index contributed by atoms with van der Waals surface area (Å²) in [6.45, 7) is 11.1. The van der Waals surface area contributed by atoms with Crippen LogP contribution in [-0.2, 0) is 0 Å². The number of fused-ring (bicyclic) bond motifs is 1. The summed E-state index contributed by atoms with van der Waals surface area (Å²) in [5, 5.41) is 33.8. The summed E-state index contributed by atoms with van der Waals surface area (Å²) in [4.78, 5) is 2.65. The molecule has 0 radical (unpaired) electrons. The lowest BCUT2D eigenvalue weighted by Crippen LogP contribution is -2.68. The van der Waals surface area contributed by atoms with Gasteiger partial charge in [-0.1, -0.05) is 20.4 Å². The van der Waals surface area contributed by atoms with Gasteiger partial charge in [0, 0.05) is 29.3 Å². The first kappa shape index (κ1) is 16.5. The van der Waals surface area contributed by atoms with E-state index in [4.69, 9.17) is 0 Å². The zero-order valence-electron chi connectivity index (χ0n) is 16.1. The smallest absolute Gasteiger partial charge is 0.0813 e. The first-order valence-electron chi connectivity index (χ1n) is 10.8. The number of rotatable bonds is 1. The summed E-state index contributed by atoms with van der Waals surface area (Å²) in [7, 11) is 0. The second-order valence-corrected chi connectivity index (χ2v) is 10.9. The van der Waals surface area contributed by atoms with Gasteiger partial charge in [0.2, 0.25) is 0 Å². The lowest BCUT2D eigenvalue weighted by Gasteiger charge is -2.65. The zero-order valence-corrected chi connectivity index (χ0v) is 16.1. The highest BCUT2D eigenvalue weighted by atomic mass is 16.3. The number of piperidine rings is 1. The van der Waals surface area contributed by atoms with E-state index < -0.39 is 12.2 Å². The van der Waals surface area contributed by atoms with E-state index in [9.17, 15) is 15.3 Å². The van der Waals surface area contributed by atoms with Crippen molar-refractivity contribution in [2.24, 2.45) is 39.9 Å². The average Bonchev–Trinajstić information content (AvgIpc) is 3.14. The second kappa shape index (κ2) is 4.59. The van der Waals surface area contributed by atoms with Gasteiger partial charge in [-0.2, -0.15) is 0 Å². The fourth-order valence-corrected chi connectivity index (χ4v) is 9.97. The Labute approximate surface area is 156 Å². The molecular weight excluding hydrogens is 326 g/mol. The second-order valence-electron chi connectivity index (χ2n) is 10.9. The average molecular weight is 360 g/mol. The molecular formula is C22H33NO3. The third-order valence-electron chi connectivity index (χ3n) is 10.6.